The van der Waals surface area contributed by atoms with Crippen molar-refractivity contribution in [2.45, 2.75) is 32.1 Å². The summed E-state index contributed by atoms with van der Waals surface area (Å²) < 4.78 is 5.82. The van der Waals surface area contributed by atoms with Gasteiger partial charge < -0.3 is 20.3 Å². The number of hydrogen-bond donors (Lipinski definition) is 2. The monoisotopic (exact) mass is 471 g/mol. The molecular formula is C29H33N3O3. The number of hydrogen-bond acceptors (Lipinski definition) is 4. The third-order valence-electron chi connectivity index (χ3n) is 6.09. The Bertz CT molecular complexity index is 1080. The normalized spacial score (nSPS) is 13.2. The molecular weight excluding hydrogens is 438 g/mol. The SMILES string of the molecule is O=C(CNc1ccc(OCCCc2ccccc2)cc1)Nc1ccc(C(=O)N2CCCCC2)cc1. The number of amides is 2. The number of rotatable bonds is 10. The van der Waals surface area contributed by atoms with Crippen LogP contribution >= 0.6 is 0 Å². The lowest BCUT2D eigenvalue weighted by atomic mass is 10.1. The molecule has 2 N–H and O–H groups in total. The summed E-state index contributed by atoms with van der Waals surface area (Å²) >= 11 is 0. The molecule has 0 unspecified atom stereocenters. The van der Waals surface area contributed by atoms with Crippen LogP contribution in [0.1, 0.15) is 41.6 Å². The number of carbonyl (C=O) groups is 2. The van der Waals surface area contributed by atoms with Crippen molar-refractivity contribution in [1.82, 2.24) is 4.90 Å². The van der Waals surface area contributed by atoms with E-state index in [0.717, 1.165) is 50.2 Å². The Kier molecular flexibility index (Phi) is 8.76. The lowest BCUT2D eigenvalue weighted by Gasteiger charge is -2.26. The Morgan fingerprint density at radius 3 is 2.20 bits per heavy atom. The van der Waals surface area contributed by atoms with Crippen LogP contribution in [0.2, 0.25) is 0 Å². The first kappa shape index (κ1) is 24.3. The highest BCUT2D eigenvalue weighted by molar-refractivity contribution is 5.96. The molecule has 3 aromatic carbocycles. The van der Waals surface area contributed by atoms with Gasteiger partial charge >= 0.3 is 0 Å². The number of anilines is 2. The largest absolute Gasteiger partial charge is 0.494 e. The third kappa shape index (κ3) is 7.60. The van der Waals surface area contributed by atoms with E-state index in [2.05, 4.69) is 34.9 Å². The molecule has 35 heavy (non-hydrogen) atoms. The van der Waals surface area contributed by atoms with Gasteiger partial charge in [-0.05, 0) is 86.2 Å². The highest BCUT2D eigenvalue weighted by Crippen LogP contribution is 2.17. The minimum Gasteiger partial charge on any atom is -0.494 e. The van der Waals surface area contributed by atoms with Gasteiger partial charge in [-0.3, -0.25) is 9.59 Å². The lowest BCUT2D eigenvalue weighted by Crippen LogP contribution is -2.35. The molecule has 1 saturated heterocycles. The van der Waals surface area contributed by atoms with Crippen LogP contribution in [0, 0.1) is 0 Å². The van der Waals surface area contributed by atoms with Gasteiger partial charge in [-0.25, -0.2) is 0 Å². The van der Waals surface area contributed by atoms with Crippen molar-refractivity contribution in [3.63, 3.8) is 0 Å². The predicted molar refractivity (Wildman–Crippen MR) is 140 cm³/mol. The van der Waals surface area contributed by atoms with Gasteiger partial charge in [-0.15, -0.1) is 0 Å². The van der Waals surface area contributed by atoms with E-state index in [1.807, 2.05) is 35.2 Å². The number of carbonyl (C=O) groups excluding carboxylic acids is 2. The van der Waals surface area contributed by atoms with Crippen molar-refractivity contribution in [1.29, 1.82) is 0 Å². The van der Waals surface area contributed by atoms with Gasteiger partial charge in [0.2, 0.25) is 5.91 Å². The molecule has 0 aliphatic carbocycles. The molecule has 2 amide bonds. The number of ether oxygens (including phenoxy) is 1. The molecule has 4 rings (SSSR count). The summed E-state index contributed by atoms with van der Waals surface area (Å²) in [6.45, 7) is 2.45. The van der Waals surface area contributed by atoms with Gasteiger partial charge in [-0.1, -0.05) is 30.3 Å². The van der Waals surface area contributed by atoms with Crippen LogP contribution in [0.5, 0.6) is 5.75 Å². The van der Waals surface area contributed by atoms with Crippen molar-refractivity contribution in [2.24, 2.45) is 0 Å². The summed E-state index contributed by atoms with van der Waals surface area (Å²) in [5.41, 5.74) is 3.49. The van der Waals surface area contributed by atoms with E-state index in [0.29, 0.717) is 17.9 Å². The number of nitrogens with one attached hydrogen (secondary N) is 2. The van der Waals surface area contributed by atoms with Crippen molar-refractivity contribution in [3.05, 3.63) is 90.0 Å². The van der Waals surface area contributed by atoms with Gasteiger partial charge in [-0.2, -0.15) is 0 Å². The summed E-state index contributed by atoms with van der Waals surface area (Å²) in [6, 6.07) is 25.1. The van der Waals surface area contributed by atoms with Gasteiger partial charge in [0.1, 0.15) is 5.75 Å². The maximum atomic E-state index is 12.6. The molecule has 0 radical (unpaired) electrons. The molecule has 1 fully saturated rings. The van der Waals surface area contributed by atoms with Crippen LogP contribution in [-0.4, -0.2) is 43.0 Å². The van der Waals surface area contributed by atoms with Crippen LogP contribution in [0.3, 0.4) is 0 Å². The summed E-state index contributed by atoms with van der Waals surface area (Å²) in [5.74, 6) is 0.724. The summed E-state index contributed by atoms with van der Waals surface area (Å²) in [5, 5.41) is 5.99. The van der Waals surface area contributed by atoms with Crippen LogP contribution in [0.25, 0.3) is 0 Å². The second-order valence-electron chi connectivity index (χ2n) is 8.79. The van der Waals surface area contributed by atoms with Crippen molar-refractivity contribution < 1.29 is 14.3 Å². The zero-order valence-corrected chi connectivity index (χ0v) is 20.0. The van der Waals surface area contributed by atoms with Crippen LogP contribution in [-0.2, 0) is 11.2 Å². The highest BCUT2D eigenvalue weighted by atomic mass is 16.5. The molecule has 0 atom stereocenters. The van der Waals surface area contributed by atoms with Crippen molar-refractivity contribution >= 4 is 23.2 Å². The Morgan fingerprint density at radius 1 is 0.800 bits per heavy atom. The maximum Gasteiger partial charge on any atom is 0.253 e. The van der Waals surface area contributed by atoms with Gasteiger partial charge in [0.05, 0.1) is 13.2 Å². The minimum atomic E-state index is -0.152. The average molecular weight is 472 g/mol. The Balaban J connectivity index is 1.16. The molecule has 3 aromatic rings. The summed E-state index contributed by atoms with van der Waals surface area (Å²) in [6.07, 6.45) is 5.27. The Hall–Kier alpha value is -3.80. The predicted octanol–water partition coefficient (Wildman–Crippen LogP) is 5.37. The number of benzene rings is 3. The first-order valence-electron chi connectivity index (χ1n) is 12.4. The summed E-state index contributed by atoms with van der Waals surface area (Å²) in [4.78, 5) is 26.8. The number of aryl methyl sites for hydroxylation is 1. The van der Waals surface area contributed by atoms with Gasteiger partial charge in [0, 0.05) is 30.0 Å². The molecule has 0 saturated carbocycles. The molecule has 0 spiro atoms. The van der Waals surface area contributed by atoms with E-state index in [4.69, 9.17) is 4.74 Å². The number of nitrogens with zero attached hydrogens (tertiary/aromatic N) is 1. The van der Waals surface area contributed by atoms with E-state index >= 15 is 0 Å². The van der Waals surface area contributed by atoms with E-state index in [1.54, 1.807) is 24.3 Å². The fourth-order valence-corrected chi connectivity index (χ4v) is 4.14. The second-order valence-corrected chi connectivity index (χ2v) is 8.79. The van der Waals surface area contributed by atoms with E-state index in [-0.39, 0.29) is 18.4 Å². The van der Waals surface area contributed by atoms with Crippen molar-refractivity contribution in [3.8, 4) is 5.75 Å². The third-order valence-corrected chi connectivity index (χ3v) is 6.09. The molecule has 182 valence electrons. The Labute approximate surface area is 207 Å². The van der Waals surface area contributed by atoms with Gasteiger partial charge in [0.25, 0.3) is 5.91 Å². The van der Waals surface area contributed by atoms with Crippen LogP contribution < -0.4 is 15.4 Å². The molecule has 0 aromatic heterocycles. The standard InChI is InChI=1S/C29H33N3O3/c33-28(31-26-13-11-24(12-14-26)29(34)32-19-5-2-6-20-32)22-30-25-15-17-27(18-16-25)35-21-7-10-23-8-3-1-4-9-23/h1,3-4,8-9,11-18,30H,2,5-7,10,19-22H2,(H,31,33). The zero-order valence-electron chi connectivity index (χ0n) is 20.0. The molecule has 1 aliphatic heterocycles. The smallest absolute Gasteiger partial charge is 0.253 e. The molecule has 0 bridgehead atoms. The lowest BCUT2D eigenvalue weighted by molar-refractivity contribution is -0.114. The van der Waals surface area contributed by atoms with E-state index < -0.39 is 0 Å². The fraction of sp³-hybridized carbons (Fsp3) is 0.310. The van der Waals surface area contributed by atoms with E-state index in [1.165, 1.54) is 12.0 Å². The quantitative estimate of drug-likeness (QED) is 0.390. The fourth-order valence-electron chi connectivity index (χ4n) is 4.14. The maximum absolute atomic E-state index is 12.6. The first-order valence-corrected chi connectivity index (χ1v) is 12.4. The first-order chi connectivity index (χ1) is 17.2. The molecule has 1 aliphatic rings. The molecule has 1 heterocycles. The number of piperidine rings is 1. The van der Waals surface area contributed by atoms with Crippen LogP contribution in [0.4, 0.5) is 11.4 Å². The van der Waals surface area contributed by atoms with Crippen molar-refractivity contribution in [2.75, 3.05) is 36.9 Å². The minimum absolute atomic E-state index is 0.0628. The molecule has 6 heteroatoms. The topological polar surface area (TPSA) is 70.7 Å². The molecule has 6 nitrogen and oxygen atoms in total. The Morgan fingerprint density at radius 2 is 1.49 bits per heavy atom. The summed E-state index contributed by atoms with van der Waals surface area (Å²) in [7, 11) is 0. The van der Waals surface area contributed by atoms with Gasteiger partial charge in [0.15, 0.2) is 0 Å². The highest BCUT2D eigenvalue weighted by Gasteiger charge is 2.18. The zero-order chi connectivity index (χ0) is 24.3. The second kappa shape index (κ2) is 12.6. The number of likely N-dealkylation sites (tertiary alicyclic amines) is 1. The average Bonchev–Trinajstić information content (AvgIpc) is 2.92. The van der Waals surface area contributed by atoms with E-state index in [9.17, 15) is 9.59 Å². The van der Waals surface area contributed by atoms with Crippen LogP contribution in [0.15, 0.2) is 78.9 Å².